The van der Waals surface area contributed by atoms with Crippen LogP contribution in [-0.2, 0) is 0 Å². The second-order valence-corrected chi connectivity index (χ2v) is 1.95. The molecule has 0 aliphatic heterocycles. The van der Waals surface area contributed by atoms with Gasteiger partial charge in [0, 0.05) is 18.2 Å². The van der Waals surface area contributed by atoms with Crippen molar-refractivity contribution in [1.82, 2.24) is 0 Å². The van der Waals surface area contributed by atoms with Gasteiger partial charge in [-0.1, -0.05) is 0 Å². The Hall–Kier alpha value is -1.82. The first kappa shape index (κ1) is 7.29. The molecule has 11 heavy (non-hydrogen) atoms. The fourth-order valence-corrected chi connectivity index (χ4v) is 0.669. The summed E-state index contributed by atoms with van der Waals surface area (Å²) in [6, 6.07) is 5.14. The van der Waals surface area contributed by atoms with Gasteiger partial charge < -0.3 is 5.21 Å². The maximum absolute atomic E-state index is 10.5. The van der Waals surface area contributed by atoms with E-state index in [1.807, 2.05) is 6.07 Å². The Bertz CT molecular complexity index is 295. The highest BCUT2D eigenvalue weighted by Crippen LogP contribution is 1.96. The quantitative estimate of drug-likeness (QED) is 0.335. The van der Waals surface area contributed by atoms with Crippen molar-refractivity contribution < 1.29 is 4.73 Å². The van der Waals surface area contributed by atoms with Gasteiger partial charge in [0.2, 0.25) is 0 Å². The lowest BCUT2D eigenvalue weighted by Crippen LogP contribution is -2.23. The molecule has 0 bridgehead atoms. The molecule has 0 unspecified atom stereocenters. The Kier molecular flexibility index (Phi) is 2.24. The van der Waals surface area contributed by atoms with Crippen molar-refractivity contribution in [3.8, 4) is 6.07 Å². The van der Waals surface area contributed by atoms with Crippen LogP contribution in [0.15, 0.2) is 30.6 Å². The highest BCUT2D eigenvalue weighted by atomic mass is 16.5. The van der Waals surface area contributed by atoms with Crippen LogP contribution >= 0.6 is 0 Å². The maximum Gasteiger partial charge on any atom is 0.180 e. The van der Waals surface area contributed by atoms with Crippen molar-refractivity contribution in [1.29, 1.82) is 5.26 Å². The average molecular weight is 146 g/mol. The zero-order valence-corrected chi connectivity index (χ0v) is 5.77. The van der Waals surface area contributed by atoms with E-state index in [1.54, 1.807) is 18.2 Å². The monoisotopic (exact) mass is 146 g/mol. The molecule has 1 aromatic heterocycles. The second kappa shape index (κ2) is 3.37. The molecule has 0 saturated carbocycles. The fourth-order valence-electron chi connectivity index (χ4n) is 0.669. The van der Waals surface area contributed by atoms with E-state index >= 15 is 0 Å². The van der Waals surface area contributed by atoms with E-state index in [0.717, 1.165) is 5.56 Å². The van der Waals surface area contributed by atoms with Crippen molar-refractivity contribution in [2.45, 2.75) is 0 Å². The topological polar surface area (TPSA) is 50.7 Å². The third-order valence-corrected chi connectivity index (χ3v) is 1.18. The number of nitriles is 1. The Morgan fingerprint density at radius 3 is 2.64 bits per heavy atom. The smallest absolute Gasteiger partial charge is 0.180 e. The largest absolute Gasteiger partial charge is 0.619 e. The Morgan fingerprint density at radius 1 is 1.45 bits per heavy atom. The minimum Gasteiger partial charge on any atom is -0.619 e. The summed E-state index contributed by atoms with van der Waals surface area (Å²) in [5, 5.41) is 18.7. The number of aromatic nitrogens is 1. The molecule has 0 aromatic carbocycles. The molecular weight excluding hydrogens is 140 g/mol. The predicted octanol–water partition coefficient (Wildman–Crippen LogP) is 0.857. The first-order chi connectivity index (χ1) is 5.33. The van der Waals surface area contributed by atoms with E-state index in [1.165, 1.54) is 18.5 Å². The number of hydrogen-bond donors (Lipinski definition) is 0. The van der Waals surface area contributed by atoms with Crippen LogP contribution in [-0.4, -0.2) is 0 Å². The standard InChI is InChI=1S/C8H6N2O/c9-5-1-2-8-3-6-10(11)7-4-8/h1-4,6-7H. The fraction of sp³-hybridized carbons (Fsp3) is 0. The molecule has 0 amide bonds. The van der Waals surface area contributed by atoms with Crippen LogP contribution in [0.3, 0.4) is 0 Å². The summed E-state index contributed by atoms with van der Waals surface area (Å²) >= 11 is 0. The van der Waals surface area contributed by atoms with Gasteiger partial charge in [0.25, 0.3) is 0 Å². The lowest BCUT2D eigenvalue weighted by atomic mass is 10.2. The van der Waals surface area contributed by atoms with Crippen LogP contribution in [0.2, 0.25) is 0 Å². The number of nitrogens with zero attached hydrogens (tertiary/aromatic N) is 2. The van der Waals surface area contributed by atoms with Crippen LogP contribution in [0.1, 0.15) is 5.56 Å². The van der Waals surface area contributed by atoms with Crippen LogP contribution in [0.5, 0.6) is 0 Å². The Labute approximate surface area is 64.4 Å². The highest BCUT2D eigenvalue weighted by molar-refractivity contribution is 5.50. The van der Waals surface area contributed by atoms with Gasteiger partial charge in [-0.15, -0.1) is 0 Å². The van der Waals surface area contributed by atoms with E-state index < -0.39 is 0 Å². The third kappa shape index (κ3) is 2.11. The van der Waals surface area contributed by atoms with Crippen LogP contribution in [0.25, 0.3) is 6.08 Å². The number of rotatable bonds is 1. The summed E-state index contributed by atoms with van der Waals surface area (Å²) < 4.78 is 0.698. The van der Waals surface area contributed by atoms with Gasteiger partial charge in [-0.25, -0.2) is 0 Å². The van der Waals surface area contributed by atoms with Gasteiger partial charge in [0.05, 0.1) is 6.07 Å². The minimum atomic E-state index is 0.698. The second-order valence-electron chi connectivity index (χ2n) is 1.95. The normalized spacial score (nSPS) is 9.73. The summed E-state index contributed by atoms with van der Waals surface area (Å²) in [5.41, 5.74) is 0.846. The van der Waals surface area contributed by atoms with Crippen molar-refractivity contribution >= 4 is 6.08 Å². The molecule has 0 aliphatic carbocycles. The zero-order chi connectivity index (χ0) is 8.10. The highest BCUT2D eigenvalue weighted by Gasteiger charge is 1.87. The van der Waals surface area contributed by atoms with Gasteiger partial charge in [-0.05, 0) is 11.6 Å². The summed E-state index contributed by atoms with van der Waals surface area (Å²) in [5.74, 6) is 0. The first-order valence-electron chi connectivity index (χ1n) is 3.08. The third-order valence-electron chi connectivity index (χ3n) is 1.18. The SMILES string of the molecule is N#CC=Cc1cc[n+]([O-])cc1. The van der Waals surface area contributed by atoms with E-state index in [0.29, 0.717) is 4.73 Å². The molecule has 54 valence electrons. The zero-order valence-electron chi connectivity index (χ0n) is 5.77. The Balaban J connectivity index is 2.84. The summed E-state index contributed by atoms with van der Waals surface area (Å²) in [4.78, 5) is 0. The molecule has 0 aliphatic rings. The maximum atomic E-state index is 10.5. The van der Waals surface area contributed by atoms with Crippen LogP contribution in [0.4, 0.5) is 0 Å². The summed E-state index contributed by atoms with van der Waals surface area (Å²) in [6.07, 6.45) is 5.78. The van der Waals surface area contributed by atoms with Gasteiger partial charge >= 0.3 is 0 Å². The van der Waals surface area contributed by atoms with Gasteiger partial charge in [-0.2, -0.15) is 9.99 Å². The van der Waals surface area contributed by atoms with Gasteiger partial charge in [-0.3, -0.25) is 0 Å². The van der Waals surface area contributed by atoms with Gasteiger partial charge in [0.1, 0.15) is 0 Å². The lowest BCUT2D eigenvalue weighted by molar-refractivity contribution is -0.605. The molecular formula is C8H6N2O. The molecule has 3 nitrogen and oxygen atoms in total. The average Bonchev–Trinajstić information content (AvgIpc) is 2.04. The van der Waals surface area contributed by atoms with Gasteiger partial charge in [0.15, 0.2) is 12.4 Å². The molecule has 1 rings (SSSR count). The molecule has 0 atom stereocenters. The molecule has 3 heteroatoms. The number of allylic oxidation sites excluding steroid dienone is 1. The number of hydrogen-bond acceptors (Lipinski definition) is 2. The molecule has 0 N–H and O–H groups in total. The molecule has 0 radical (unpaired) electrons. The van der Waals surface area contributed by atoms with E-state index in [-0.39, 0.29) is 0 Å². The molecule has 1 aromatic rings. The van der Waals surface area contributed by atoms with Crippen molar-refractivity contribution in [2.75, 3.05) is 0 Å². The molecule has 1 heterocycles. The predicted molar refractivity (Wildman–Crippen MR) is 40.0 cm³/mol. The van der Waals surface area contributed by atoms with E-state index in [2.05, 4.69) is 0 Å². The summed E-state index contributed by atoms with van der Waals surface area (Å²) in [7, 11) is 0. The van der Waals surface area contributed by atoms with Crippen molar-refractivity contribution in [2.24, 2.45) is 0 Å². The first-order valence-corrected chi connectivity index (χ1v) is 3.08. The minimum absolute atomic E-state index is 0.698. The Morgan fingerprint density at radius 2 is 2.09 bits per heavy atom. The number of pyridine rings is 1. The molecule has 0 saturated heterocycles. The van der Waals surface area contributed by atoms with Crippen molar-refractivity contribution in [3.63, 3.8) is 0 Å². The van der Waals surface area contributed by atoms with E-state index in [4.69, 9.17) is 5.26 Å². The van der Waals surface area contributed by atoms with Crippen molar-refractivity contribution in [3.05, 3.63) is 41.4 Å². The lowest BCUT2D eigenvalue weighted by Gasteiger charge is -1.93. The van der Waals surface area contributed by atoms with Crippen LogP contribution in [0, 0.1) is 16.5 Å². The summed E-state index contributed by atoms with van der Waals surface area (Å²) in [6.45, 7) is 0. The molecule has 0 spiro atoms. The molecule has 0 fully saturated rings. The van der Waals surface area contributed by atoms with Crippen LogP contribution < -0.4 is 4.73 Å². The van der Waals surface area contributed by atoms with E-state index in [9.17, 15) is 5.21 Å².